The maximum atomic E-state index is 11.8. The monoisotopic (exact) mass is 312 g/mol. The van der Waals surface area contributed by atoms with E-state index in [1.54, 1.807) is 6.92 Å². The van der Waals surface area contributed by atoms with E-state index in [0.717, 1.165) is 0 Å². The first-order valence-corrected chi connectivity index (χ1v) is 6.86. The number of methoxy groups -OCH3 is 1. The molecular weight excluding hydrogens is 292 g/mol. The second-order valence-corrected chi connectivity index (χ2v) is 4.86. The average molecular weight is 312 g/mol. The fraction of sp³-hybridized carbons (Fsp3) is 0.571. The van der Waals surface area contributed by atoms with Gasteiger partial charge in [-0.05, 0) is 12.8 Å². The molecule has 122 valence electrons. The molecule has 8 nitrogen and oxygen atoms in total. The summed E-state index contributed by atoms with van der Waals surface area (Å²) < 4.78 is 14.2. The zero-order valence-corrected chi connectivity index (χ0v) is 13.0. The van der Waals surface area contributed by atoms with Crippen LogP contribution < -0.4 is 5.32 Å². The molecule has 1 amide bonds. The van der Waals surface area contributed by atoms with Crippen LogP contribution in [0.2, 0.25) is 0 Å². The molecule has 0 fully saturated rings. The number of ether oxygens (including phenoxy) is 2. The van der Waals surface area contributed by atoms with E-state index in [0.29, 0.717) is 12.1 Å². The molecule has 22 heavy (non-hydrogen) atoms. The molecule has 1 rings (SSSR count). The Morgan fingerprint density at radius 1 is 1.41 bits per heavy atom. The van der Waals surface area contributed by atoms with Gasteiger partial charge in [0.25, 0.3) is 5.91 Å². The summed E-state index contributed by atoms with van der Waals surface area (Å²) in [7, 11) is 1.25. The summed E-state index contributed by atoms with van der Waals surface area (Å²) in [5, 5.41) is 6.04. The van der Waals surface area contributed by atoms with Gasteiger partial charge in [-0.3, -0.25) is 4.79 Å². The van der Waals surface area contributed by atoms with E-state index in [2.05, 4.69) is 15.2 Å². The number of aryl methyl sites for hydroxylation is 1. The summed E-state index contributed by atoms with van der Waals surface area (Å²) >= 11 is 0. The third kappa shape index (κ3) is 4.87. The van der Waals surface area contributed by atoms with Gasteiger partial charge in [0.15, 0.2) is 6.61 Å². The molecule has 2 unspecified atom stereocenters. The van der Waals surface area contributed by atoms with Crippen molar-refractivity contribution in [3.05, 3.63) is 17.5 Å². The lowest BCUT2D eigenvalue weighted by molar-refractivity contribution is -0.147. The van der Waals surface area contributed by atoms with Crippen molar-refractivity contribution in [1.82, 2.24) is 10.5 Å². The highest BCUT2D eigenvalue weighted by molar-refractivity contribution is 5.90. The zero-order valence-electron chi connectivity index (χ0n) is 13.0. The summed E-state index contributed by atoms with van der Waals surface area (Å²) in [6, 6.07) is 0.616. The maximum Gasteiger partial charge on any atom is 0.377 e. The van der Waals surface area contributed by atoms with Crippen LogP contribution in [0.1, 0.15) is 36.5 Å². The summed E-state index contributed by atoms with van der Waals surface area (Å²) in [6.45, 7) is 4.83. The molecule has 0 bridgehead atoms. The number of hydrogen-bond donors (Lipinski definition) is 1. The van der Waals surface area contributed by atoms with Crippen molar-refractivity contribution in [1.29, 1.82) is 0 Å². The standard InChI is InChI=1S/C14H20N2O6/c1-5-8(2)12(14(19)20-4)15-11(17)7-21-13(18)10-6-9(3)16-22-10/h6,8,12H,5,7H2,1-4H3,(H,15,17). The summed E-state index contributed by atoms with van der Waals surface area (Å²) in [4.78, 5) is 35.0. The molecule has 1 aromatic rings. The average Bonchev–Trinajstić information content (AvgIpc) is 2.95. The van der Waals surface area contributed by atoms with Crippen LogP contribution in [0, 0.1) is 12.8 Å². The van der Waals surface area contributed by atoms with Crippen LogP contribution in [0.3, 0.4) is 0 Å². The predicted octanol–water partition coefficient (Wildman–Crippen LogP) is 0.844. The summed E-state index contributed by atoms with van der Waals surface area (Å²) in [5.74, 6) is -2.13. The van der Waals surface area contributed by atoms with Gasteiger partial charge in [-0.25, -0.2) is 9.59 Å². The van der Waals surface area contributed by atoms with Crippen molar-refractivity contribution in [2.24, 2.45) is 5.92 Å². The molecule has 1 N–H and O–H groups in total. The fourth-order valence-corrected chi connectivity index (χ4v) is 1.67. The van der Waals surface area contributed by atoms with Gasteiger partial charge in [0.2, 0.25) is 5.76 Å². The van der Waals surface area contributed by atoms with E-state index in [1.165, 1.54) is 13.2 Å². The van der Waals surface area contributed by atoms with Crippen LogP contribution >= 0.6 is 0 Å². The Morgan fingerprint density at radius 2 is 2.09 bits per heavy atom. The topological polar surface area (TPSA) is 108 Å². The van der Waals surface area contributed by atoms with Crippen molar-refractivity contribution >= 4 is 17.8 Å². The largest absolute Gasteiger partial charge is 0.467 e. The minimum absolute atomic E-state index is 0.0863. The van der Waals surface area contributed by atoms with Gasteiger partial charge in [-0.2, -0.15) is 0 Å². The Bertz CT molecular complexity index is 539. The molecule has 0 aromatic carbocycles. The number of amides is 1. The predicted molar refractivity (Wildman–Crippen MR) is 74.9 cm³/mol. The van der Waals surface area contributed by atoms with Gasteiger partial charge in [0.05, 0.1) is 12.8 Å². The lowest BCUT2D eigenvalue weighted by Gasteiger charge is -2.21. The van der Waals surface area contributed by atoms with E-state index in [1.807, 2.05) is 13.8 Å². The van der Waals surface area contributed by atoms with Crippen molar-refractivity contribution < 1.29 is 28.4 Å². The lowest BCUT2D eigenvalue weighted by Crippen LogP contribution is -2.47. The van der Waals surface area contributed by atoms with Crippen molar-refractivity contribution in [3.8, 4) is 0 Å². The number of nitrogens with zero attached hydrogens (tertiary/aromatic N) is 1. The van der Waals surface area contributed by atoms with Crippen LogP contribution in [0.4, 0.5) is 0 Å². The van der Waals surface area contributed by atoms with Crippen LogP contribution in [0.5, 0.6) is 0 Å². The van der Waals surface area contributed by atoms with Gasteiger partial charge in [0, 0.05) is 6.07 Å². The highest BCUT2D eigenvalue weighted by atomic mass is 16.6. The molecule has 0 saturated heterocycles. The smallest absolute Gasteiger partial charge is 0.377 e. The Labute approximate surface area is 128 Å². The maximum absolute atomic E-state index is 11.8. The minimum Gasteiger partial charge on any atom is -0.467 e. The van der Waals surface area contributed by atoms with Gasteiger partial charge < -0.3 is 19.3 Å². The van der Waals surface area contributed by atoms with Crippen LogP contribution in [-0.2, 0) is 19.1 Å². The Kier molecular flexibility index (Phi) is 6.55. The van der Waals surface area contributed by atoms with E-state index in [-0.39, 0.29) is 11.7 Å². The molecule has 0 aliphatic carbocycles. The number of rotatable bonds is 7. The van der Waals surface area contributed by atoms with E-state index in [4.69, 9.17) is 9.26 Å². The van der Waals surface area contributed by atoms with Crippen LogP contribution in [0.15, 0.2) is 10.6 Å². The molecule has 1 heterocycles. The van der Waals surface area contributed by atoms with Gasteiger partial charge in [-0.1, -0.05) is 25.4 Å². The zero-order chi connectivity index (χ0) is 16.7. The van der Waals surface area contributed by atoms with Crippen molar-refractivity contribution in [3.63, 3.8) is 0 Å². The molecule has 0 aliphatic rings. The van der Waals surface area contributed by atoms with Crippen LogP contribution in [0.25, 0.3) is 0 Å². The lowest BCUT2D eigenvalue weighted by atomic mass is 9.99. The van der Waals surface area contributed by atoms with E-state index < -0.39 is 30.5 Å². The number of carbonyl (C=O) groups excluding carboxylic acids is 3. The van der Waals surface area contributed by atoms with Gasteiger partial charge in [-0.15, -0.1) is 0 Å². The first-order chi connectivity index (χ1) is 10.4. The SMILES string of the molecule is CCC(C)C(NC(=O)COC(=O)c1cc(C)no1)C(=O)OC. The van der Waals surface area contributed by atoms with E-state index >= 15 is 0 Å². The van der Waals surface area contributed by atoms with E-state index in [9.17, 15) is 14.4 Å². The molecule has 1 aromatic heterocycles. The second-order valence-electron chi connectivity index (χ2n) is 4.86. The summed E-state index contributed by atoms with van der Waals surface area (Å²) in [5.41, 5.74) is 0.527. The number of nitrogens with one attached hydrogen (secondary N) is 1. The molecule has 0 radical (unpaired) electrons. The Hall–Kier alpha value is -2.38. The Balaban J connectivity index is 2.53. The molecule has 0 saturated carbocycles. The highest BCUT2D eigenvalue weighted by Gasteiger charge is 2.27. The summed E-state index contributed by atoms with van der Waals surface area (Å²) in [6.07, 6.45) is 0.678. The molecule has 8 heteroatoms. The third-order valence-electron chi connectivity index (χ3n) is 3.15. The first-order valence-electron chi connectivity index (χ1n) is 6.86. The third-order valence-corrected chi connectivity index (χ3v) is 3.15. The number of aromatic nitrogens is 1. The van der Waals surface area contributed by atoms with Crippen molar-refractivity contribution in [2.45, 2.75) is 33.2 Å². The Morgan fingerprint density at radius 3 is 2.59 bits per heavy atom. The van der Waals surface area contributed by atoms with Crippen LogP contribution in [-0.4, -0.2) is 42.8 Å². The number of carbonyl (C=O) groups is 3. The highest BCUT2D eigenvalue weighted by Crippen LogP contribution is 2.09. The van der Waals surface area contributed by atoms with Crippen molar-refractivity contribution in [2.75, 3.05) is 13.7 Å². The minimum atomic E-state index is -0.797. The normalized spacial score (nSPS) is 13.1. The number of hydrogen-bond acceptors (Lipinski definition) is 7. The number of esters is 2. The molecule has 2 atom stereocenters. The molecule has 0 spiro atoms. The second kappa shape index (κ2) is 8.16. The molecular formula is C14H20N2O6. The van der Waals surface area contributed by atoms with Gasteiger partial charge >= 0.3 is 11.9 Å². The molecule has 0 aliphatic heterocycles. The fourth-order valence-electron chi connectivity index (χ4n) is 1.67. The van der Waals surface area contributed by atoms with Gasteiger partial charge in [0.1, 0.15) is 6.04 Å². The first kappa shape index (κ1) is 17.7. The quantitative estimate of drug-likeness (QED) is 0.743.